The van der Waals surface area contributed by atoms with Crippen molar-refractivity contribution in [2.45, 2.75) is 20.0 Å². The Morgan fingerprint density at radius 3 is 2.29 bits per heavy atom. The minimum absolute atomic E-state index is 0. The minimum atomic E-state index is -1.06. The fourth-order valence-electron chi connectivity index (χ4n) is 3.46. The van der Waals surface area contributed by atoms with E-state index in [0.717, 1.165) is 21.5 Å². The third kappa shape index (κ3) is 5.57. The molecule has 4 rings (SSSR count). The monoisotopic (exact) mass is 503 g/mol. The molecule has 35 heavy (non-hydrogen) atoms. The Labute approximate surface area is 227 Å². The fraction of sp³-hybridized carbons (Fsp3) is 0.167. The Bertz CT molecular complexity index is 1510. The van der Waals surface area contributed by atoms with Crippen LogP contribution in [-0.2, 0) is 13.1 Å². The van der Waals surface area contributed by atoms with Crippen molar-refractivity contribution in [1.29, 1.82) is 0 Å². The maximum Gasteiger partial charge on any atom is 1.00 e. The van der Waals surface area contributed by atoms with Crippen LogP contribution in [0.15, 0.2) is 64.3 Å². The zero-order chi connectivity index (χ0) is 24.4. The zero-order valence-electron chi connectivity index (χ0n) is 20.4. The van der Waals surface area contributed by atoms with Gasteiger partial charge in [0, 0.05) is 18.3 Å². The number of amides is 1. The molecule has 4 aromatic rings. The number of thiazole rings is 1. The first-order valence-corrected chi connectivity index (χ1v) is 11.1. The molecule has 1 amide bonds. The predicted octanol–water partition coefficient (Wildman–Crippen LogP) is -0.367. The van der Waals surface area contributed by atoms with Gasteiger partial charge in [-0.15, -0.1) is 11.3 Å². The second kappa shape index (κ2) is 11.0. The van der Waals surface area contributed by atoms with Crippen molar-refractivity contribution in [3.8, 4) is 5.75 Å². The molecule has 2 heterocycles. The molecule has 11 heteroatoms. The summed E-state index contributed by atoms with van der Waals surface area (Å²) in [6.07, 6.45) is 1.43. The number of aromatic carboxylic acids is 1. The van der Waals surface area contributed by atoms with E-state index in [1.54, 1.807) is 38.3 Å². The summed E-state index contributed by atoms with van der Waals surface area (Å²) in [5.41, 5.74) is 0.926. The van der Waals surface area contributed by atoms with Crippen LogP contribution < -0.4 is 50.9 Å². The van der Waals surface area contributed by atoms with Gasteiger partial charge in [0.2, 0.25) is 0 Å². The molecule has 0 bridgehead atoms. The largest absolute Gasteiger partial charge is 1.00 e. The topological polar surface area (TPSA) is 119 Å². The van der Waals surface area contributed by atoms with Gasteiger partial charge < -0.3 is 16.6 Å². The van der Waals surface area contributed by atoms with Gasteiger partial charge in [-0.05, 0) is 42.3 Å². The van der Waals surface area contributed by atoms with Crippen molar-refractivity contribution < 1.29 is 50.4 Å². The first kappa shape index (κ1) is 26.4. The Hall–Kier alpha value is -3.18. The molecule has 0 aliphatic carbocycles. The fourth-order valence-corrected chi connectivity index (χ4v) is 4.46. The van der Waals surface area contributed by atoms with E-state index in [-0.39, 0.29) is 49.0 Å². The van der Waals surface area contributed by atoms with Crippen LogP contribution in [0.25, 0.3) is 4.83 Å². The van der Waals surface area contributed by atoms with E-state index in [9.17, 15) is 19.2 Å². The van der Waals surface area contributed by atoms with Crippen LogP contribution in [-0.4, -0.2) is 33.1 Å². The molecule has 2 aromatic carbocycles. The normalized spacial score (nSPS) is 10.6. The van der Waals surface area contributed by atoms with E-state index in [1.165, 1.54) is 22.7 Å². The number of ether oxygens (including phenoxy) is 1. The molecule has 0 aliphatic rings. The van der Waals surface area contributed by atoms with E-state index in [0.29, 0.717) is 33.1 Å². The molecule has 0 saturated carbocycles. The molecule has 2 aromatic heterocycles. The number of hydrogen-bond acceptors (Lipinski definition) is 6. The summed E-state index contributed by atoms with van der Waals surface area (Å²) in [6.45, 7) is 1.89. The standard InChI is InChI=1S/C24H21N3O6S.Na.H/c1-14-21(29)26(12-16-3-7-17(8-4-16)23(30)31)24(32)27-13-19(34-22(14)27)20(28)25-11-15-5-9-18(33-2)10-6-15;;/h3-10,13H,11-12H2,1-2H3,(H,25,28)(H,30,31);;/q;+1;-1. The number of rotatable bonds is 7. The van der Waals surface area contributed by atoms with Gasteiger partial charge in [0.15, 0.2) is 0 Å². The Morgan fingerprint density at radius 1 is 1.06 bits per heavy atom. The van der Waals surface area contributed by atoms with Gasteiger partial charge in [0.1, 0.15) is 15.5 Å². The third-order valence-electron chi connectivity index (χ3n) is 5.37. The van der Waals surface area contributed by atoms with Crippen molar-refractivity contribution >= 4 is 28.0 Å². The van der Waals surface area contributed by atoms with Gasteiger partial charge in [-0.3, -0.25) is 18.6 Å². The summed E-state index contributed by atoms with van der Waals surface area (Å²) < 4.78 is 7.50. The molecule has 0 aliphatic heterocycles. The minimum Gasteiger partial charge on any atom is -1.00 e. The van der Waals surface area contributed by atoms with Crippen LogP contribution in [0.1, 0.15) is 38.1 Å². The van der Waals surface area contributed by atoms with Gasteiger partial charge >= 0.3 is 41.2 Å². The van der Waals surface area contributed by atoms with E-state index in [4.69, 9.17) is 9.84 Å². The first-order chi connectivity index (χ1) is 16.3. The molecular weight excluding hydrogens is 481 g/mol. The molecule has 0 spiro atoms. The maximum atomic E-state index is 13.1. The third-order valence-corrected chi connectivity index (χ3v) is 6.58. The van der Waals surface area contributed by atoms with Crippen molar-refractivity contribution in [3.63, 3.8) is 0 Å². The average molecular weight is 504 g/mol. The number of carbonyl (C=O) groups excluding carboxylic acids is 1. The van der Waals surface area contributed by atoms with Crippen molar-refractivity contribution in [2.24, 2.45) is 0 Å². The SMILES string of the molecule is COc1ccc(CNC(=O)c2cn3c(=O)n(Cc4ccc(C(=O)O)cc4)c(=O)c(C)c3s2)cc1.[H-].[Na+]. The van der Waals surface area contributed by atoms with Crippen LogP contribution in [0.3, 0.4) is 0 Å². The molecule has 0 unspecified atom stereocenters. The number of aryl methyl sites for hydroxylation is 1. The van der Waals surface area contributed by atoms with Gasteiger partial charge in [0.05, 0.1) is 19.2 Å². The summed E-state index contributed by atoms with van der Waals surface area (Å²) >= 11 is 1.07. The molecular formula is C24H22N3NaO6S. The number of aromatic nitrogens is 2. The van der Waals surface area contributed by atoms with Crippen molar-refractivity contribution in [2.75, 3.05) is 7.11 Å². The Kier molecular flexibility index (Phi) is 8.34. The molecule has 9 nitrogen and oxygen atoms in total. The quantitative estimate of drug-likeness (QED) is 0.333. The van der Waals surface area contributed by atoms with Crippen molar-refractivity contribution in [3.05, 3.63) is 103 Å². The number of hydrogen-bond donors (Lipinski definition) is 2. The van der Waals surface area contributed by atoms with Crippen LogP contribution in [0.5, 0.6) is 5.75 Å². The van der Waals surface area contributed by atoms with Crippen LogP contribution in [0, 0.1) is 6.92 Å². The van der Waals surface area contributed by atoms with Crippen LogP contribution in [0.2, 0.25) is 0 Å². The van der Waals surface area contributed by atoms with Crippen LogP contribution >= 0.6 is 11.3 Å². The van der Waals surface area contributed by atoms with Crippen LogP contribution in [0.4, 0.5) is 0 Å². The second-order valence-electron chi connectivity index (χ2n) is 7.60. The number of benzene rings is 2. The summed E-state index contributed by atoms with van der Waals surface area (Å²) in [5.74, 6) is -0.697. The van der Waals surface area contributed by atoms with E-state index in [2.05, 4.69) is 5.32 Å². The van der Waals surface area contributed by atoms with E-state index >= 15 is 0 Å². The second-order valence-corrected chi connectivity index (χ2v) is 8.63. The Morgan fingerprint density at radius 2 is 1.69 bits per heavy atom. The summed E-state index contributed by atoms with van der Waals surface area (Å²) in [6, 6.07) is 13.2. The van der Waals surface area contributed by atoms with E-state index < -0.39 is 17.2 Å². The summed E-state index contributed by atoms with van der Waals surface area (Å²) in [5, 5.41) is 11.9. The molecule has 0 radical (unpaired) electrons. The predicted molar refractivity (Wildman–Crippen MR) is 128 cm³/mol. The number of carboxylic acid groups (broad SMARTS) is 1. The number of methoxy groups -OCH3 is 1. The first-order valence-electron chi connectivity index (χ1n) is 10.3. The number of carboxylic acids is 1. The van der Waals surface area contributed by atoms with E-state index in [1.807, 2.05) is 12.1 Å². The molecule has 2 N–H and O–H groups in total. The number of fused-ring (bicyclic) bond motifs is 1. The summed E-state index contributed by atoms with van der Waals surface area (Å²) in [4.78, 5) is 50.4. The summed E-state index contributed by atoms with van der Waals surface area (Å²) in [7, 11) is 1.58. The van der Waals surface area contributed by atoms with Crippen molar-refractivity contribution in [1.82, 2.24) is 14.3 Å². The smallest absolute Gasteiger partial charge is 1.00 e. The van der Waals surface area contributed by atoms with Gasteiger partial charge in [-0.2, -0.15) is 0 Å². The number of carbonyl (C=O) groups is 2. The number of nitrogens with zero attached hydrogens (tertiary/aromatic N) is 2. The molecule has 176 valence electrons. The Balaban J connectivity index is 0.00000228. The maximum absolute atomic E-state index is 13.1. The van der Waals surface area contributed by atoms with Gasteiger partial charge in [-0.25, -0.2) is 9.59 Å². The number of nitrogens with one attached hydrogen (secondary N) is 1. The van der Waals surface area contributed by atoms with Gasteiger partial charge in [0.25, 0.3) is 11.5 Å². The zero-order valence-corrected chi connectivity index (χ0v) is 22.2. The average Bonchev–Trinajstić information content (AvgIpc) is 3.30. The molecule has 0 atom stereocenters. The van der Waals surface area contributed by atoms with Gasteiger partial charge in [-0.1, -0.05) is 24.3 Å². The molecule has 0 fully saturated rings. The molecule has 0 saturated heterocycles.